The maximum Gasteiger partial charge on any atom is 0.306 e. The van der Waals surface area contributed by atoms with E-state index >= 15 is 0 Å². The van der Waals surface area contributed by atoms with Crippen LogP contribution in [0.2, 0.25) is 0 Å². The molecule has 6 nitrogen and oxygen atoms in total. The van der Waals surface area contributed by atoms with Crippen molar-refractivity contribution in [3.63, 3.8) is 0 Å². The fraction of sp³-hybridized carbons (Fsp3) is 0.808. The molecule has 0 saturated carbocycles. The van der Waals surface area contributed by atoms with Gasteiger partial charge < -0.3 is 20.3 Å². The summed E-state index contributed by atoms with van der Waals surface area (Å²) in [5.41, 5.74) is 0. The van der Waals surface area contributed by atoms with Crippen LogP contribution in [0.15, 0.2) is 48.6 Å². The van der Waals surface area contributed by atoms with Crippen LogP contribution in [0.1, 0.15) is 245 Å². The van der Waals surface area contributed by atoms with E-state index in [1.54, 1.807) is 0 Å². The molecule has 0 aromatic carbocycles. The summed E-state index contributed by atoms with van der Waals surface area (Å²) in [6, 6.07) is -0.728. The third-order valence-corrected chi connectivity index (χ3v) is 11.2. The van der Waals surface area contributed by atoms with Crippen LogP contribution in [0, 0.1) is 0 Å². The van der Waals surface area contributed by atoms with E-state index in [-0.39, 0.29) is 24.9 Å². The van der Waals surface area contributed by atoms with Crippen LogP contribution in [-0.2, 0) is 14.3 Å². The summed E-state index contributed by atoms with van der Waals surface area (Å²) in [7, 11) is 0. The Morgan fingerprint density at radius 1 is 0.517 bits per heavy atom. The first-order valence-corrected chi connectivity index (χ1v) is 24.9. The van der Waals surface area contributed by atoms with Crippen molar-refractivity contribution < 1.29 is 24.5 Å². The van der Waals surface area contributed by atoms with Gasteiger partial charge in [0.1, 0.15) is 6.10 Å². The number of amides is 1. The van der Waals surface area contributed by atoms with Gasteiger partial charge in [-0.15, -0.1) is 0 Å². The van der Waals surface area contributed by atoms with Gasteiger partial charge in [0.15, 0.2) is 0 Å². The number of unbranched alkanes of at least 4 members (excludes halogenated alkanes) is 25. The molecule has 0 fully saturated rings. The number of ether oxygens (including phenoxy) is 1. The third-order valence-electron chi connectivity index (χ3n) is 11.2. The number of carbonyl (C=O) groups is 2. The average molecular weight is 814 g/mol. The van der Waals surface area contributed by atoms with E-state index in [1.807, 2.05) is 6.08 Å². The Bertz CT molecular complexity index is 1000. The van der Waals surface area contributed by atoms with E-state index in [1.165, 1.54) is 141 Å². The molecule has 0 aromatic rings. The van der Waals surface area contributed by atoms with E-state index < -0.39 is 18.2 Å². The van der Waals surface area contributed by atoms with Gasteiger partial charge in [-0.05, 0) is 44.9 Å². The minimum absolute atomic E-state index is 0.00400. The Hall–Kier alpha value is -2.18. The van der Waals surface area contributed by atoms with Crippen molar-refractivity contribution in [1.29, 1.82) is 0 Å². The van der Waals surface area contributed by atoms with Crippen molar-refractivity contribution in [2.75, 3.05) is 6.61 Å². The molecule has 0 aromatic heterocycles. The van der Waals surface area contributed by atoms with E-state index in [2.05, 4.69) is 68.6 Å². The summed E-state index contributed by atoms with van der Waals surface area (Å²) < 4.78 is 5.86. The molecule has 0 saturated heterocycles. The highest BCUT2D eigenvalue weighted by Gasteiger charge is 2.23. The number of hydrogen-bond donors (Lipinski definition) is 3. The molecule has 0 aliphatic carbocycles. The number of hydrogen-bond acceptors (Lipinski definition) is 5. The standard InChI is InChI=1S/C52H95NO5/c1-4-7-10-13-16-19-22-25-26-27-28-31-34-37-40-43-48(58-52(57)45-42-39-36-33-30-24-21-18-15-12-9-6-3)46-51(56)53-49(47-54)50(55)44-41-38-35-32-29-23-20-17-14-11-8-5-2/h16,19,25-26,28,31,37,40,48-50,54-55H,4-15,17-18,20-24,27,29-30,32-36,38-39,41-47H2,1-3H3,(H,53,56)/b19-16-,26-25-,31-28-,40-37-. The number of esters is 1. The topological polar surface area (TPSA) is 95.9 Å². The normalized spacial score (nSPS) is 13.7. The molecule has 3 N–H and O–H groups in total. The second kappa shape index (κ2) is 45.9. The summed E-state index contributed by atoms with van der Waals surface area (Å²) in [5, 5.41) is 23.7. The van der Waals surface area contributed by atoms with Crippen molar-refractivity contribution >= 4 is 11.9 Å². The summed E-state index contributed by atoms with van der Waals surface area (Å²) >= 11 is 0. The van der Waals surface area contributed by atoms with Crippen LogP contribution in [0.5, 0.6) is 0 Å². The van der Waals surface area contributed by atoms with Crippen LogP contribution in [-0.4, -0.2) is 46.9 Å². The van der Waals surface area contributed by atoms with Gasteiger partial charge in [0.25, 0.3) is 0 Å². The molecule has 0 aliphatic rings. The van der Waals surface area contributed by atoms with E-state index in [9.17, 15) is 19.8 Å². The summed E-state index contributed by atoms with van der Waals surface area (Å²) in [5.74, 6) is -0.571. The predicted octanol–water partition coefficient (Wildman–Crippen LogP) is 14.7. The van der Waals surface area contributed by atoms with Gasteiger partial charge in [0, 0.05) is 12.8 Å². The van der Waals surface area contributed by atoms with E-state index in [0.717, 1.165) is 57.8 Å². The molecular weight excluding hydrogens is 719 g/mol. The first-order valence-electron chi connectivity index (χ1n) is 24.9. The molecule has 0 radical (unpaired) electrons. The lowest BCUT2D eigenvalue weighted by atomic mass is 10.0. The van der Waals surface area contributed by atoms with Crippen molar-refractivity contribution in [3.05, 3.63) is 48.6 Å². The predicted molar refractivity (Wildman–Crippen MR) is 250 cm³/mol. The highest BCUT2D eigenvalue weighted by molar-refractivity contribution is 5.77. The molecule has 6 heteroatoms. The number of carbonyl (C=O) groups excluding carboxylic acids is 2. The third kappa shape index (κ3) is 40.6. The van der Waals surface area contributed by atoms with Gasteiger partial charge >= 0.3 is 5.97 Å². The van der Waals surface area contributed by atoms with Crippen LogP contribution in [0.4, 0.5) is 0 Å². The van der Waals surface area contributed by atoms with Gasteiger partial charge in [-0.3, -0.25) is 9.59 Å². The minimum atomic E-state index is -0.808. The zero-order valence-corrected chi connectivity index (χ0v) is 38.4. The summed E-state index contributed by atoms with van der Waals surface area (Å²) in [6.07, 6.45) is 54.7. The fourth-order valence-corrected chi connectivity index (χ4v) is 7.35. The van der Waals surface area contributed by atoms with Gasteiger partial charge in [-0.25, -0.2) is 0 Å². The van der Waals surface area contributed by atoms with Crippen LogP contribution >= 0.6 is 0 Å². The van der Waals surface area contributed by atoms with Crippen molar-refractivity contribution in [1.82, 2.24) is 5.32 Å². The maximum absolute atomic E-state index is 13.1. The smallest absolute Gasteiger partial charge is 0.306 e. The molecule has 0 aliphatic heterocycles. The van der Waals surface area contributed by atoms with Crippen molar-refractivity contribution in [2.45, 2.75) is 264 Å². The Morgan fingerprint density at radius 3 is 1.38 bits per heavy atom. The number of nitrogens with one attached hydrogen (secondary N) is 1. The molecule has 3 atom stereocenters. The molecule has 0 spiro atoms. The molecule has 0 bridgehead atoms. The number of aliphatic hydroxyl groups excluding tert-OH is 2. The molecule has 338 valence electrons. The van der Waals surface area contributed by atoms with Crippen molar-refractivity contribution in [2.24, 2.45) is 0 Å². The largest absolute Gasteiger partial charge is 0.461 e. The highest BCUT2D eigenvalue weighted by atomic mass is 16.5. The average Bonchev–Trinajstić information content (AvgIpc) is 3.22. The van der Waals surface area contributed by atoms with Crippen molar-refractivity contribution in [3.8, 4) is 0 Å². The molecule has 0 heterocycles. The second-order valence-corrected chi connectivity index (χ2v) is 16.9. The highest BCUT2D eigenvalue weighted by Crippen LogP contribution is 2.16. The lowest BCUT2D eigenvalue weighted by Gasteiger charge is -2.24. The Kier molecular flexibility index (Phi) is 44.2. The van der Waals surface area contributed by atoms with E-state index in [4.69, 9.17) is 4.74 Å². The zero-order chi connectivity index (χ0) is 42.4. The Morgan fingerprint density at radius 2 is 0.914 bits per heavy atom. The lowest BCUT2D eigenvalue weighted by molar-refractivity contribution is -0.150. The first-order chi connectivity index (χ1) is 28.5. The maximum atomic E-state index is 13.1. The number of aliphatic hydroxyl groups is 2. The second-order valence-electron chi connectivity index (χ2n) is 16.9. The van der Waals surface area contributed by atoms with Gasteiger partial charge in [0.05, 0.1) is 25.2 Å². The molecular formula is C52H95NO5. The minimum Gasteiger partial charge on any atom is -0.461 e. The van der Waals surface area contributed by atoms with Gasteiger partial charge in [-0.1, -0.05) is 230 Å². The number of rotatable bonds is 44. The van der Waals surface area contributed by atoms with E-state index in [0.29, 0.717) is 19.3 Å². The molecule has 3 unspecified atom stereocenters. The zero-order valence-electron chi connectivity index (χ0n) is 38.4. The molecule has 58 heavy (non-hydrogen) atoms. The first kappa shape index (κ1) is 55.8. The van der Waals surface area contributed by atoms with Gasteiger partial charge in [-0.2, -0.15) is 0 Å². The summed E-state index contributed by atoms with van der Waals surface area (Å²) in [6.45, 7) is 6.42. The van der Waals surface area contributed by atoms with Crippen LogP contribution in [0.25, 0.3) is 0 Å². The Balaban J connectivity index is 4.72. The van der Waals surface area contributed by atoms with Crippen LogP contribution in [0.3, 0.4) is 0 Å². The molecule has 0 rings (SSSR count). The quantitative estimate of drug-likeness (QED) is 0.0323. The van der Waals surface area contributed by atoms with Crippen LogP contribution < -0.4 is 5.32 Å². The lowest BCUT2D eigenvalue weighted by Crippen LogP contribution is -2.46. The molecule has 1 amide bonds. The Labute approximate surface area is 359 Å². The SMILES string of the molecule is CCCCC/C=C\C/C=C\C/C=C\C/C=C\CC(CC(=O)NC(CO)C(O)CCCCCCCCCCCCCC)OC(=O)CCCCCCCCCCCCCC. The summed E-state index contributed by atoms with van der Waals surface area (Å²) in [4.78, 5) is 26.0. The fourth-order valence-electron chi connectivity index (χ4n) is 7.35. The monoisotopic (exact) mass is 814 g/mol. The number of allylic oxidation sites excluding steroid dienone is 7. The van der Waals surface area contributed by atoms with Gasteiger partial charge in [0.2, 0.25) is 5.91 Å².